The van der Waals surface area contributed by atoms with E-state index in [2.05, 4.69) is 15.0 Å². The number of aryl methyl sites for hydroxylation is 1. The molecule has 1 aliphatic heterocycles. The smallest absolute Gasteiger partial charge is 0.370 e. The SMILES string of the molecule is CCn1cnc(C2(C(F)(F)F)CC2)c1CSc1nc2c(c(=O)[nH]1)COC2. The third-order valence-corrected chi connectivity index (χ3v) is 5.83. The van der Waals surface area contributed by atoms with Crippen molar-refractivity contribution in [3.05, 3.63) is 39.3 Å². The second kappa shape index (κ2) is 6.12. The highest BCUT2D eigenvalue weighted by Crippen LogP contribution is 2.59. The molecule has 4 rings (SSSR count). The fraction of sp³-hybridized carbons (Fsp3) is 0.562. The van der Waals surface area contributed by atoms with E-state index >= 15 is 0 Å². The Morgan fingerprint density at radius 2 is 2.15 bits per heavy atom. The second-order valence-electron chi connectivity index (χ2n) is 6.48. The van der Waals surface area contributed by atoms with Crippen molar-refractivity contribution in [3.63, 3.8) is 0 Å². The number of alkyl halides is 3. The van der Waals surface area contributed by atoms with Crippen LogP contribution in [-0.2, 0) is 35.7 Å². The Morgan fingerprint density at radius 1 is 1.38 bits per heavy atom. The number of nitrogens with zero attached hydrogens (tertiary/aromatic N) is 3. The number of fused-ring (bicyclic) bond motifs is 1. The van der Waals surface area contributed by atoms with Gasteiger partial charge >= 0.3 is 6.18 Å². The lowest BCUT2D eigenvalue weighted by Crippen LogP contribution is -2.30. The number of halogens is 3. The van der Waals surface area contributed by atoms with Gasteiger partial charge in [-0.05, 0) is 19.8 Å². The first-order valence-corrected chi connectivity index (χ1v) is 9.28. The monoisotopic (exact) mass is 386 g/mol. The van der Waals surface area contributed by atoms with Gasteiger partial charge in [-0.3, -0.25) is 4.79 Å². The molecule has 1 fully saturated rings. The van der Waals surface area contributed by atoms with Crippen LogP contribution in [0.15, 0.2) is 16.3 Å². The Bertz CT molecular complexity index is 902. The lowest BCUT2D eigenvalue weighted by molar-refractivity contribution is -0.161. The van der Waals surface area contributed by atoms with Crippen LogP contribution in [-0.4, -0.2) is 25.7 Å². The van der Waals surface area contributed by atoms with Gasteiger partial charge in [-0.25, -0.2) is 9.97 Å². The van der Waals surface area contributed by atoms with Crippen LogP contribution < -0.4 is 5.56 Å². The van der Waals surface area contributed by atoms with E-state index < -0.39 is 11.6 Å². The molecule has 1 saturated carbocycles. The Kier molecular flexibility index (Phi) is 4.14. The first kappa shape index (κ1) is 17.6. The zero-order valence-corrected chi connectivity index (χ0v) is 14.8. The number of imidazole rings is 1. The molecule has 0 atom stereocenters. The van der Waals surface area contributed by atoms with Crippen molar-refractivity contribution in [1.82, 2.24) is 19.5 Å². The minimum Gasteiger partial charge on any atom is -0.370 e. The third-order valence-electron chi connectivity index (χ3n) is 4.94. The fourth-order valence-electron chi connectivity index (χ4n) is 3.26. The molecule has 10 heteroatoms. The summed E-state index contributed by atoms with van der Waals surface area (Å²) in [5, 5.41) is 0.380. The largest absolute Gasteiger partial charge is 0.400 e. The van der Waals surface area contributed by atoms with Crippen molar-refractivity contribution in [2.45, 2.75) is 62.0 Å². The fourth-order valence-corrected chi connectivity index (χ4v) is 4.17. The standard InChI is InChI=1S/C16H17F3N4O2S/c1-2-23-8-20-12(15(3-4-15)16(17,18)19)11(23)7-26-14-21-10-6-25-5-9(10)13(24)22-14/h8H,2-7H2,1H3,(H,21,22,24). The summed E-state index contributed by atoms with van der Waals surface area (Å²) in [5.74, 6) is 0.254. The Balaban J connectivity index is 1.62. The summed E-state index contributed by atoms with van der Waals surface area (Å²) in [5.41, 5.74) is -0.334. The number of thioether (sulfide) groups is 1. The molecule has 0 spiro atoms. The van der Waals surface area contributed by atoms with Crippen LogP contribution in [0.3, 0.4) is 0 Å². The lowest BCUT2D eigenvalue weighted by atomic mass is 10.0. The highest BCUT2D eigenvalue weighted by molar-refractivity contribution is 7.98. The van der Waals surface area contributed by atoms with Crippen LogP contribution in [0.5, 0.6) is 0 Å². The van der Waals surface area contributed by atoms with E-state index in [0.717, 1.165) is 0 Å². The molecule has 26 heavy (non-hydrogen) atoms. The van der Waals surface area contributed by atoms with E-state index in [1.165, 1.54) is 18.1 Å². The van der Waals surface area contributed by atoms with Crippen molar-refractivity contribution in [2.75, 3.05) is 0 Å². The zero-order chi connectivity index (χ0) is 18.5. The number of H-pyrrole nitrogens is 1. The molecule has 1 aliphatic carbocycles. The van der Waals surface area contributed by atoms with Crippen molar-refractivity contribution in [3.8, 4) is 0 Å². The molecule has 0 unspecified atom stereocenters. The van der Waals surface area contributed by atoms with Crippen molar-refractivity contribution in [1.29, 1.82) is 0 Å². The third kappa shape index (κ3) is 2.75. The van der Waals surface area contributed by atoms with Crippen molar-refractivity contribution >= 4 is 11.8 Å². The summed E-state index contributed by atoms with van der Waals surface area (Å²) < 4.78 is 47.5. The van der Waals surface area contributed by atoms with Gasteiger partial charge in [0.1, 0.15) is 5.41 Å². The second-order valence-corrected chi connectivity index (χ2v) is 7.45. The zero-order valence-electron chi connectivity index (χ0n) is 14.0. The molecule has 140 valence electrons. The van der Waals surface area contributed by atoms with Gasteiger partial charge in [0.2, 0.25) is 0 Å². The van der Waals surface area contributed by atoms with Crippen LogP contribution in [0.4, 0.5) is 13.2 Å². The first-order chi connectivity index (χ1) is 12.4. The van der Waals surface area contributed by atoms with E-state index in [-0.39, 0.29) is 43.1 Å². The highest BCUT2D eigenvalue weighted by atomic mass is 32.2. The summed E-state index contributed by atoms with van der Waals surface area (Å²) in [6.07, 6.45) is -2.71. The number of aromatic nitrogens is 4. The maximum Gasteiger partial charge on any atom is 0.400 e. The normalized spacial score (nSPS) is 18.2. The van der Waals surface area contributed by atoms with E-state index in [1.54, 1.807) is 4.57 Å². The summed E-state index contributed by atoms with van der Waals surface area (Å²) in [7, 11) is 0. The van der Waals surface area contributed by atoms with Crippen LogP contribution in [0.25, 0.3) is 0 Å². The molecule has 2 aliphatic rings. The van der Waals surface area contributed by atoms with E-state index in [1.807, 2.05) is 6.92 Å². The number of nitrogens with one attached hydrogen (secondary N) is 1. The lowest BCUT2D eigenvalue weighted by Gasteiger charge is -2.19. The molecule has 0 aromatic carbocycles. The molecule has 0 bridgehead atoms. The van der Waals surface area contributed by atoms with Gasteiger partial charge in [0, 0.05) is 12.3 Å². The summed E-state index contributed by atoms with van der Waals surface area (Å²) in [4.78, 5) is 23.2. The molecule has 6 nitrogen and oxygen atoms in total. The quantitative estimate of drug-likeness (QED) is 0.632. The molecule has 3 heterocycles. The van der Waals surface area contributed by atoms with Gasteiger partial charge in [-0.1, -0.05) is 11.8 Å². The molecule has 2 aromatic rings. The van der Waals surface area contributed by atoms with Gasteiger partial charge in [0.05, 0.1) is 42.2 Å². The molecule has 2 aromatic heterocycles. The van der Waals surface area contributed by atoms with E-state index in [0.29, 0.717) is 28.7 Å². The molecular formula is C16H17F3N4O2S. The maximum atomic E-state index is 13.5. The highest BCUT2D eigenvalue weighted by Gasteiger charge is 2.66. The van der Waals surface area contributed by atoms with E-state index in [4.69, 9.17) is 4.74 Å². The maximum absolute atomic E-state index is 13.5. The van der Waals surface area contributed by atoms with Gasteiger partial charge < -0.3 is 14.3 Å². The topological polar surface area (TPSA) is 72.8 Å². The first-order valence-electron chi connectivity index (χ1n) is 8.29. The Labute approximate surface area is 151 Å². The minimum atomic E-state index is -4.31. The van der Waals surface area contributed by atoms with Gasteiger partial charge in [0.15, 0.2) is 5.16 Å². The van der Waals surface area contributed by atoms with Crippen molar-refractivity contribution in [2.24, 2.45) is 0 Å². The minimum absolute atomic E-state index is 0.0696. The Morgan fingerprint density at radius 3 is 2.81 bits per heavy atom. The van der Waals surface area contributed by atoms with E-state index in [9.17, 15) is 18.0 Å². The van der Waals surface area contributed by atoms with Crippen LogP contribution >= 0.6 is 11.8 Å². The van der Waals surface area contributed by atoms with Crippen LogP contribution in [0.1, 0.15) is 42.4 Å². The molecule has 0 saturated heterocycles. The Hall–Kier alpha value is -1.81. The van der Waals surface area contributed by atoms with Crippen LogP contribution in [0, 0.1) is 0 Å². The summed E-state index contributed by atoms with van der Waals surface area (Å²) in [6.45, 7) is 2.91. The number of hydrogen-bond donors (Lipinski definition) is 1. The molecule has 1 N–H and O–H groups in total. The number of rotatable bonds is 5. The number of aromatic amines is 1. The average molecular weight is 386 g/mol. The predicted octanol–water partition coefficient (Wildman–Crippen LogP) is 2.90. The van der Waals surface area contributed by atoms with Gasteiger partial charge in [-0.2, -0.15) is 13.2 Å². The van der Waals surface area contributed by atoms with Crippen LogP contribution in [0.2, 0.25) is 0 Å². The van der Waals surface area contributed by atoms with Crippen molar-refractivity contribution < 1.29 is 17.9 Å². The summed E-state index contributed by atoms with van der Waals surface area (Å²) >= 11 is 1.21. The summed E-state index contributed by atoms with van der Waals surface area (Å²) in [6, 6.07) is 0. The number of hydrogen-bond acceptors (Lipinski definition) is 5. The predicted molar refractivity (Wildman–Crippen MR) is 87.8 cm³/mol. The molecule has 0 amide bonds. The average Bonchev–Trinajstić information content (AvgIpc) is 3.09. The number of ether oxygens (including phenoxy) is 1. The molecular weight excluding hydrogens is 369 g/mol. The van der Waals surface area contributed by atoms with Gasteiger partial charge in [0.25, 0.3) is 5.56 Å². The van der Waals surface area contributed by atoms with Gasteiger partial charge in [-0.15, -0.1) is 0 Å². The molecule has 0 radical (unpaired) electrons.